The van der Waals surface area contributed by atoms with Gasteiger partial charge in [0.25, 0.3) is 5.89 Å². The Balaban J connectivity index is 1.25. The van der Waals surface area contributed by atoms with Crippen molar-refractivity contribution < 1.29 is 14.4 Å². The number of carbonyl (C=O) groups is 1. The van der Waals surface area contributed by atoms with Gasteiger partial charge in [-0.3, -0.25) is 4.79 Å². The Hall–Kier alpha value is -2.99. The molecule has 2 atom stereocenters. The first kappa shape index (κ1) is 20.9. The highest BCUT2D eigenvalue weighted by Gasteiger charge is 2.27. The summed E-state index contributed by atoms with van der Waals surface area (Å²) in [7, 11) is 0. The van der Waals surface area contributed by atoms with Crippen LogP contribution in [0.5, 0.6) is 0 Å². The molecule has 1 saturated heterocycles. The van der Waals surface area contributed by atoms with E-state index >= 15 is 0 Å². The zero-order valence-corrected chi connectivity index (χ0v) is 18.2. The van der Waals surface area contributed by atoms with Crippen LogP contribution >= 0.6 is 0 Å². The highest BCUT2D eigenvalue weighted by molar-refractivity contribution is 5.67. The summed E-state index contributed by atoms with van der Waals surface area (Å²) < 4.78 is 5.54. The predicted octanol–water partition coefficient (Wildman–Crippen LogP) is 5.58. The summed E-state index contributed by atoms with van der Waals surface area (Å²) in [5.74, 6) is 1.24. The van der Waals surface area contributed by atoms with E-state index in [-0.39, 0.29) is 18.4 Å². The van der Waals surface area contributed by atoms with Crippen molar-refractivity contribution in [3.8, 4) is 22.8 Å². The second-order valence-electron chi connectivity index (χ2n) is 9.16. The van der Waals surface area contributed by atoms with E-state index in [9.17, 15) is 4.79 Å². The van der Waals surface area contributed by atoms with E-state index in [1.165, 1.54) is 37.7 Å². The number of nitrogens with one attached hydrogen (secondary N) is 1. The summed E-state index contributed by atoms with van der Waals surface area (Å²) >= 11 is 0. The first-order valence-corrected chi connectivity index (χ1v) is 11.7. The van der Waals surface area contributed by atoms with Crippen molar-refractivity contribution in [3.63, 3.8) is 0 Å². The number of aromatic nitrogens is 2. The smallest absolute Gasteiger partial charge is 0.303 e. The maximum absolute atomic E-state index is 10.9. The summed E-state index contributed by atoms with van der Waals surface area (Å²) in [6, 6.07) is 16.9. The van der Waals surface area contributed by atoms with Gasteiger partial charge in [-0.05, 0) is 60.9 Å². The molecule has 3 aromatic rings. The fourth-order valence-electron chi connectivity index (χ4n) is 5.12. The quantitative estimate of drug-likeness (QED) is 0.530. The van der Waals surface area contributed by atoms with Crippen LogP contribution in [0, 0.1) is 5.92 Å². The van der Waals surface area contributed by atoms with Crippen LogP contribution in [-0.2, 0) is 4.79 Å². The summed E-state index contributed by atoms with van der Waals surface area (Å²) in [5, 5.41) is 16.6. The minimum Gasteiger partial charge on any atom is -0.481 e. The molecule has 2 heterocycles. The molecule has 1 aliphatic carbocycles. The molecule has 2 N–H and O–H groups in total. The number of aliphatic carboxylic acids is 1. The molecule has 6 heteroatoms. The summed E-state index contributed by atoms with van der Waals surface area (Å²) in [6.45, 7) is 0.743. The molecular formula is C26H29N3O3. The Morgan fingerprint density at radius 1 is 0.969 bits per heavy atom. The Bertz CT molecular complexity index is 1050. The van der Waals surface area contributed by atoms with Gasteiger partial charge in [-0.1, -0.05) is 60.8 Å². The molecule has 166 valence electrons. The van der Waals surface area contributed by atoms with Crippen molar-refractivity contribution in [1.29, 1.82) is 0 Å². The molecule has 0 unspecified atom stereocenters. The molecule has 2 aromatic carbocycles. The number of benzene rings is 2. The highest BCUT2D eigenvalue weighted by Crippen LogP contribution is 2.34. The van der Waals surface area contributed by atoms with Gasteiger partial charge in [-0.15, -0.1) is 0 Å². The minimum absolute atomic E-state index is 0.182. The molecule has 2 aliphatic rings. The van der Waals surface area contributed by atoms with Gasteiger partial charge in [-0.2, -0.15) is 4.98 Å². The second kappa shape index (κ2) is 9.25. The third-order valence-electron chi connectivity index (χ3n) is 6.92. The zero-order valence-electron chi connectivity index (χ0n) is 18.2. The Morgan fingerprint density at radius 2 is 1.66 bits per heavy atom. The second-order valence-corrected chi connectivity index (χ2v) is 9.16. The maximum atomic E-state index is 10.9. The number of hydrogen-bond donors (Lipinski definition) is 2. The average molecular weight is 432 g/mol. The Labute approximate surface area is 188 Å². The fourth-order valence-corrected chi connectivity index (χ4v) is 5.12. The van der Waals surface area contributed by atoms with E-state index in [0.717, 1.165) is 29.7 Å². The topological polar surface area (TPSA) is 88.2 Å². The Kier molecular flexibility index (Phi) is 6.04. The lowest BCUT2D eigenvalue weighted by atomic mass is 9.84. The van der Waals surface area contributed by atoms with Crippen LogP contribution in [-0.4, -0.2) is 27.8 Å². The van der Waals surface area contributed by atoms with Crippen molar-refractivity contribution in [2.24, 2.45) is 5.92 Å². The van der Waals surface area contributed by atoms with E-state index in [2.05, 4.69) is 51.9 Å². The predicted molar refractivity (Wildman–Crippen MR) is 122 cm³/mol. The van der Waals surface area contributed by atoms with Gasteiger partial charge in [0.05, 0.1) is 0 Å². The molecule has 0 amide bonds. The molecule has 32 heavy (non-hydrogen) atoms. The normalized spacial score (nSPS) is 21.6. The Morgan fingerprint density at radius 3 is 2.38 bits per heavy atom. The molecule has 0 radical (unpaired) electrons. The van der Waals surface area contributed by atoms with E-state index < -0.39 is 5.97 Å². The summed E-state index contributed by atoms with van der Waals surface area (Å²) in [5.41, 5.74) is 4.42. The molecule has 2 fully saturated rings. The first-order valence-electron chi connectivity index (χ1n) is 11.7. The molecule has 6 nitrogen and oxygen atoms in total. The van der Waals surface area contributed by atoms with Crippen LogP contribution in [0.15, 0.2) is 53.1 Å². The lowest BCUT2D eigenvalue weighted by Gasteiger charge is -2.21. The molecule has 1 saturated carbocycles. The molecular weight excluding hydrogens is 402 g/mol. The molecule has 1 aliphatic heterocycles. The first-order chi connectivity index (χ1) is 15.7. The molecule has 0 spiro atoms. The van der Waals surface area contributed by atoms with Crippen molar-refractivity contribution >= 4 is 5.97 Å². The van der Waals surface area contributed by atoms with Gasteiger partial charge in [0.2, 0.25) is 5.82 Å². The van der Waals surface area contributed by atoms with Crippen LogP contribution in [0.25, 0.3) is 22.8 Å². The average Bonchev–Trinajstić information content (AvgIpc) is 3.50. The van der Waals surface area contributed by atoms with Gasteiger partial charge < -0.3 is 14.9 Å². The number of carboxylic acid groups (broad SMARTS) is 1. The van der Waals surface area contributed by atoms with Crippen LogP contribution in [0.4, 0.5) is 0 Å². The minimum atomic E-state index is -0.732. The molecule has 1 aromatic heterocycles. The monoisotopic (exact) mass is 431 g/mol. The van der Waals surface area contributed by atoms with Crippen LogP contribution in [0.3, 0.4) is 0 Å². The maximum Gasteiger partial charge on any atom is 0.303 e. The van der Waals surface area contributed by atoms with Gasteiger partial charge in [0.15, 0.2) is 0 Å². The summed E-state index contributed by atoms with van der Waals surface area (Å²) in [6.07, 6.45) is 7.66. The van der Waals surface area contributed by atoms with Gasteiger partial charge >= 0.3 is 5.97 Å². The number of rotatable bonds is 6. The third-order valence-corrected chi connectivity index (χ3v) is 6.92. The van der Waals surface area contributed by atoms with E-state index in [4.69, 9.17) is 9.63 Å². The molecule has 0 bridgehead atoms. The van der Waals surface area contributed by atoms with Gasteiger partial charge in [0.1, 0.15) is 0 Å². The van der Waals surface area contributed by atoms with Gasteiger partial charge in [0, 0.05) is 23.6 Å². The number of nitrogens with zero attached hydrogens (tertiary/aromatic N) is 2. The van der Waals surface area contributed by atoms with E-state index in [0.29, 0.717) is 17.6 Å². The van der Waals surface area contributed by atoms with E-state index in [1.807, 2.05) is 12.1 Å². The standard InChI is InChI=1S/C26H29N3O3/c30-24(31)15-17-14-23(27-16-17)20-8-10-21(11-9-20)25-28-26(32-29-25)22-12-6-19(7-13-22)18-4-2-1-3-5-18/h6-13,17-18,23,27H,1-5,14-16H2,(H,30,31)/t17-,23-/m1/s1. The van der Waals surface area contributed by atoms with Crippen molar-refractivity contribution in [2.45, 2.75) is 56.9 Å². The third kappa shape index (κ3) is 4.60. The van der Waals surface area contributed by atoms with Gasteiger partial charge in [-0.25, -0.2) is 0 Å². The van der Waals surface area contributed by atoms with Crippen LogP contribution in [0.2, 0.25) is 0 Å². The lowest BCUT2D eigenvalue weighted by molar-refractivity contribution is -0.137. The van der Waals surface area contributed by atoms with Crippen molar-refractivity contribution in [1.82, 2.24) is 15.5 Å². The number of carboxylic acids is 1. The van der Waals surface area contributed by atoms with Crippen LogP contribution < -0.4 is 5.32 Å². The fraction of sp³-hybridized carbons (Fsp3) is 0.423. The summed E-state index contributed by atoms with van der Waals surface area (Å²) in [4.78, 5) is 15.5. The van der Waals surface area contributed by atoms with Crippen molar-refractivity contribution in [3.05, 3.63) is 59.7 Å². The SMILES string of the molecule is O=C(O)C[C@@H]1CN[C@@H](c2ccc(-c3noc(-c4ccc(C5CCCCC5)cc4)n3)cc2)C1. The molecule has 5 rings (SSSR count). The highest BCUT2D eigenvalue weighted by atomic mass is 16.5. The van der Waals surface area contributed by atoms with E-state index in [1.54, 1.807) is 0 Å². The largest absolute Gasteiger partial charge is 0.481 e. The lowest BCUT2D eigenvalue weighted by Crippen LogP contribution is -2.14. The van der Waals surface area contributed by atoms with Crippen LogP contribution in [0.1, 0.15) is 68.0 Å². The zero-order chi connectivity index (χ0) is 21.9. The number of hydrogen-bond acceptors (Lipinski definition) is 5. The van der Waals surface area contributed by atoms with Crippen molar-refractivity contribution in [2.75, 3.05) is 6.54 Å².